The van der Waals surface area contributed by atoms with Crippen LogP contribution in [0.25, 0.3) is 0 Å². The predicted molar refractivity (Wildman–Crippen MR) is 116 cm³/mol. The number of anilines is 1. The largest absolute Gasteiger partial charge is 0.492 e. The van der Waals surface area contributed by atoms with Crippen molar-refractivity contribution in [2.45, 2.75) is 37.6 Å². The number of benzene rings is 1. The average molecular weight is 438 g/mol. The van der Waals surface area contributed by atoms with Crippen molar-refractivity contribution in [3.8, 4) is 5.75 Å². The molecule has 1 aromatic heterocycles. The van der Waals surface area contributed by atoms with Crippen molar-refractivity contribution in [1.29, 1.82) is 0 Å². The van der Waals surface area contributed by atoms with E-state index in [-0.39, 0.29) is 16.6 Å². The predicted octanol–water partition coefficient (Wildman–Crippen LogP) is 3.88. The van der Waals surface area contributed by atoms with Crippen LogP contribution < -0.4 is 10.1 Å². The minimum absolute atomic E-state index is 0.0396. The number of aromatic nitrogens is 1. The Labute approximate surface area is 176 Å². The summed E-state index contributed by atoms with van der Waals surface area (Å²) >= 11 is 1.54. The number of rotatable bonds is 10. The lowest BCUT2D eigenvalue weighted by atomic mass is 10.2. The summed E-state index contributed by atoms with van der Waals surface area (Å²) in [4.78, 5) is 16.9. The van der Waals surface area contributed by atoms with Gasteiger partial charge < -0.3 is 10.1 Å². The zero-order valence-electron chi connectivity index (χ0n) is 17.1. The van der Waals surface area contributed by atoms with Gasteiger partial charge in [-0.3, -0.25) is 4.79 Å². The van der Waals surface area contributed by atoms with E-state index in [2.05, 4.69) is 10.3 Å². The number of hydrogen-bond acceptors (Lipinski definition) is 6. The van der Waals surface area contributed by atoms with Gasteiger partial charge >= 0.3 is 0 Å². The van der Waals surface area contributed by atoms with E-state index in [0.717, 1.165) is 10.8 Å². The summed E-state index contributed by atoms with van der Waals surface area (Å²) in [5, 5.41) is 3.53. The van der Waals surface area contributed by atoms with Crippen LogP contribution in [0.5, 0.6) is 5.75 Å². The fraction of sp³-hybridized carbons (Fsp3) is 0.400. The number of sulfonamides is 1. The van der Waals surface area contributed by atoms with Gasteiger partial charge in [0.2, 0.25) is 10.0 Å². The van der Waals surface area contributed by atoms with Gasteiger partial charge in [-0.1, -0.05) is 20.8 Å². The lowest BCUT2D eigenvalue weighted by Crippen LogP contribution is -2.31. The molecule has 1 amide bonds. The SMILES string of the molecule is CCOc1ccc(NC(=O)c2ccnc(SCC)c2)cc1S(=O)(=O)N(CC)CC. The Morgan fingerprint density at radius 2 is 1.86 bits per heavy atom. The second-order valence-electron chi connectivity index (χ2n) is 5.95. The molecule has 0 bridgehead atoms. The zero-order chi connectivity index (χ0) is 21.4. The van der Waals surface area contributed by atoms with Crippen LogP contribution in [0.4, 0.5) is 5.69 Å². The highest BCUT2D eigenvalue weighted by Crippen LogP contribution is 2.30. The van der Waals surface area contributed by atoms with Crippen LogP contribution in [0.15, 0.2) is 46.5 Å². The van der Waals surface area contributed by atoms with E-state index >= 15 is 0 Å². The van der Waals surface area contributed by atoms with E-state index in [9.17, 15) is 13.2 Å². The Hall–Kier alpha value is -2.10. The van der Waals surface area contributed by atoms with E-state index in [1.165, 1.54) is 10.4 Å². The van der Waals surface area contributed by atoms with Gasteiger partial charge in [-0.05, 0) is 43.0 Å². The summed E-state index contributed by atoms with van der Waals surface area (Å²) in [6, 6.07) is 7.98. The third kappa shape index (κ3) is 5.71. The number of carbonyl (C=O) groups is 1. The second-order valence-corrected chi connectivity index (χ2v) is 9.14. The Kier molecular flexibility index (Phi) is 8.48. The minimum atomic E-state index is -3.75. The molecular formula is C20H27N3O4S2. The van der Waals surface area contributed by atoms with E-state index in [4.69, 9.17) is 4.74 Å². The number of thioether (sulfide) groups is 1. The lowest BCUT2D eigenvalue weighted by molar-refractivity contribution is 0.102. The van der Waals surface area contributed by atoms with Gasteiger partial charge in [0.25, 0.3) is 5.91 Å². The zero-order valence-corrected chi connectivity index (χ0v) is 18.8. The highest BCUT2D eigenvalue weighted by Gasteiger charge is 2.26. The van der Waals surface area contributed by atoms with Crippen molar-refractivity contribution in [3.63, 3.8) is 0 Å². The van der Waals surface area contributed by atoms with Crippen molar-refractivity contribution in [2.24, 2.45) is 0 Å². The summed E-state index contributed by atoms with van der Waals surface area (Å²) in [6.07, 6.45) is 1.58. The summed E-state index contributed by atoms with van der Waals surface area (Å²) in [5.41, 5.74) is 0.837. The molecule has 29 heavy (non-hydrogen) atoms. The monoisotopic (exact) mass is 437 g/mol. The normalized spacial score (nSPS) is 11.5. The van der Waals surface area contributed by atoms with Crippen LogP contribution in [-0.2, 0) is 10.0 Å². The van der Waals surface area contributed by atoms with Crippen LogP contribution in [-0.4, -0.2) is 49.1 Å². The summed E-state index contributed by atoms with van der Waals surface area (Å²) < 4.78 is 32.9. The quantitative estimate of drug-likeness (QED) is 0.568. The number of amides is 1. The Morgan fingerprint density at radius 3 is 2.48 bits per heavy atom. The molecule has 0 aliphatic rings. The first kappa shape index (κ1) is 23.2. The highest BCUT2D eigenvalue weighted by molar-refractivity contribution is 7.99. The molecule has 0 aliphatic carbocycles. The molecule has 0 fully saturated rings. The van der Waals surface area contributed by atoms with Crippen molar-refractivity contribution in [2.75, 3.05) is 30.8 Å². The molecule has 0 spiro atoms. The van der Waals surface area contributed by atoms with Gasteiger partial charge in [0.1, 0.15) is 10.6 Å². The molecule has 158 valence electrons. The van der Waals surface area contributed by atoms with Crippen LogP contribution in [0.2, 0.25) is 0 Å². The Balaban J connectivity index is 2.37. The first-order valence-electron chi connectivity index (χ1n) is 9.54. The average Bonchev–Trinajstić information content (AvgIpc) is 2.70. The molecule has 2 rings (SSSR count). The summed E-state index contributed by atoms with van der Waals surface area (Å²) in [5.74, 6) is 0.785. The van der Waals surface area contributed by atoms with Gasteiger partial charge in [-0.15, -0.1) is 11.8 Å². The fourth-order valence-corrected chi connectivity index (χ4v) is 5.00. The topological polar surface area (TPSA) is 88.6 Å². The van der Waals surface area contributed by atoms with Gasteiger partial charge in [-0.2, -0.15) is 4.31 Å². The molecule has 0 aliphatic heterocycles. The van der Waals surface area contributed by atoms with Crippen LogP contribution >= 0.6 is 11.8 Å². The minimum Gasteiger partial charge on any atom is -0.492 e. The third-order valence-corrected chi connectivity index (χ3v) is 6.99. The maximum atomic E-state index is 13.0. The maximum Gasteiger partial charge on any atom is 0.255 e. The van der Waals surface area contributed by atoms with Crippen LogP contribution in [0, 0.1) is 0 Å². The van der Waals surface area contributed by atoms with Gasteiger partial charge in [0.05, 0.1) is 11.6 Å². The molecule has 0 saturated heterocycles. The Bertz CT molecular complexity index is 944. The Morgan fingerprint density at radius 1 is 1.14 bits per heavy atom. The first-order valence-corrected chi connectivity index (χ1v) is 12.0. The number of hydrogen-bond donors (Lipinski definition) is 1. The van der Waals surface area contributed by atoms with Crippen molar-refractivity contribution in [3.05, 3.63) is 42.1 Å². The third-order valence-electron chi connectivity index (χ3n) is 4.11. The number of pyridine rings is 1. The van der Waals surface area contributed by atoms with Crippen LogP contribution in [0.1, 0.15) is 38.1 Å². The molecule has 0 unspecified atom stereocenters. The standard InChI is InChI=1S/C20H27N3O4S2/c1-5-23(6-2)29(25,26)18-14-16(9-10-17(18)27-7-3)22-20(24)15-11-12-21-19(13-15)28-8-4/h9-14H,5-8H2,1-4H3,(H,22,24). The maximum absolute atomic E-state index is 13.0. The lowest BCUT2D eigenvalue weighted by Gasteiger charge is -2.21. The van der Waals surface area contributed by atoms with E-state index in [1.54, 1.807) is 63.0 Å². The molecule has 0 saturated carbocycles. The van der Waals surface area contributed by atoms with E-state index in [0.29, 0.717) is 30.9 Å². The van der Waals surface area contributed by atoms with Crippen LogP contribution in [0.3, 0.4) is 0 Å². The van der Waals surface area contributed by atoms with E-state index < -0.39 is 10.0 Å². The summed E-state index contributed by atoms with van der Waals surface area (Å²) in [7, 11) is -3.75. The molecule has 1 heterocycles. The van der Waals surface area contributed by atoms with Gasteiger partial charge in [-0.25, -0.2) is 13.4 Å². The second kappa shape index (κ2) is 10.6. The smallest absolute Gasteiger partial charge is 0.255 e. The van der Waals surface area contributed by atoms with Gasteiger partial charge in [0, 0.05) is 30.5 Å². The number of ether oxygens (including phenoxy) is 1. The number of carbonyl (C=O) groups excluding carboxylic acids is 1. The molecule has 7 nitrogen and oxygen atoms in total. The highest BCUT2D eigenvalue weighted by atomic mass is 32.2. The van der Waals surface area contributed by atoms with Crippen molar-refractivity contribution in [1.82, 2.24) is 9.29 Å². The molecule has 0 atom stereocenters. The molecule has 2 aromatic rings. The van der Waals surface area contributed by atoms with Crippen molar-refractivity contribution >= 4 is 33.4 Å². The molecule has 1 N–H and O–H groups in total. The molecule has 1 aromatic carbocycles. The number of nitrogens with zero attached hydrogens (tertiary/aromatic N) is 2. The molecule has 0 radical (unpaired) electrons. The summed E-state index contributed by atoms with van der Waals surface area (Å²) in [6.45, 7) is 8.38. The van der Waals surface area contributed by atoms with Gasteiger partial charge in [0.15, 0.2) is 0 Å². The fourth-order valence-electron chi connectivity index (χ4n) is 2.75. The van der Waals surface area contributed by atoms with Crippen molar-refractivity contribution < 1.29 is 17.9 Å². The number of nitrogens with one attached hydrogen (secondary N) is 1. The molecule has 9 heteroatoms. The molecular weight excluding hydrogens is 410 g/mol. The first-order chi connectivity index (χ1) is 13.9. The van der Waals surface area contributed by atoms with E-state index in [1.807, 2.05) is 6.92 Å².